The Balaban J connectivity index is 1.12. The zero-order chi connectivity index (χ0) is 25.0. The van der Waals surface area contributed by atoms with Gasteiger partial charge in [-0.15, -0.1) is 0 Å². The number of nitrogens with one attached hydrogen (secondary N) is 2. The minimum Gasteiger partial charge on any atom is -0.353 e. The number of carbonyl (C=O) groups is 2. The van der Waals surface area contributed by atoms with Gasteiger partial charge in [0, 0.05) is 30.3 Å². The molecular formula is C27H45FN2O4S. The minimum absolute atomic E-state index is 0.0356. The van der Waals surface area contributed by atoms with Crippen LogP contribution >= 0.6 is 0 Å². The Hall–Kier alpha value is -1.18. The third-order valence-corrected chi connectivity index (χ3v) is 11.6. The van der Waals surface area contributed by atoms with Crippen molar-refractivity contribution in [3.05, 3.63) is 0 Å². The molecule has 0 heterocycles. The molecule has 0 bridgehead atoms. The van der Waals surface area contributed by atoms with Gasteiger partial charge in [0.1, 0.15) is 6.17 Å². The van der Waals surface area contributed by atoms with Gasteiger partial charge in [0.15, 0.2) is 9.84 Å². The van der Waals surface area contributed by atoms with Gasteiger partial charge >= 0.3 is 0 Å². The van der Waals surface area contributed by atoms with Gasteiger partial charge in [0.2, 0.25) is 11.8 Å². The molecular weight excluding hydrogens is 467 g/mol. The van der Waals surface area contributed by atoms with E-state index < -0.39 is 16.0 Å². The van der Waals surface area contributed by atoms with Crippen molar-refractivity contribution in [3.63, 3.8) is 0 Å². The van der Waals surface area contributed by atoms with Crippen LogP contribution in [0.2, 0.25) is 0 Å². The molecule has 6 nitrogen and oxygen atoms in total. The molecule has 35 heavy (non-hydrogen) atoms. The first kappa shape index (κ1) is 26.9. The summed E-state index contributed by atoms with van der Waals surface area (Å²) in [5, 5.41) is 6.03. The number of alkyl halides is 1. The first-order chi connectivity index (χ1) is 16.7. The van der Waals surface area contributed by atoms with Gasteiger partial charge in [0.25, 0.3) is 0 Å². The van der Waals surface area contributed by atoms with Crippen LogP contribution in [-0.4, -0.2) is 49.5 Å². The minimum atomic E-state index is -2.98. The van der Waals surface area contributed by atoms with Crippen LogP contribution in [0.15, 0.2) is 0 Å². The number of carbonyl (C=O) groups excluding carboxylic acids is 2. The fourth-order valence-electron chi connectivity index (χ4n) is 6.62. The number of amides is 2. The Morgan fingerprint density at radius 1 is 0.857 bits per heavy atom. The Kier molecular flexibility index (Phi) is 9.14. The van der Waals surface area contributed by atoms with Gasteiger partial charge in [-0.1, -0.05) is 12.8 Å². The van der Waals surface area contributed by atoms with Crippen LogP contribution in [-0.2, 0) is 19.4 Å². The summed E-state index contributed by atoms with van der Waals surface area (Å²) >= 11 is 0. The molecule has 4 saturated carbocycles. The van der Waals surface area contributed by atoms with Gasteiger partial charge in [-0.3, -0.25) is 9.59 Å². The van der Waals surface area contributed by atoms with E-state index in [9.17, 15) is 22.4 Å². The molecule has 0 spiro atoms. The van der Waals surface area contributed by atoms with Crippen LogP contribution in [0.4, 0.5) is 4.39 Å². The summed E-state index contributed by atoms with van der Waals surface area (Å²) in [4.78, 5) is 25.4. The maximum absolute atomic E-state index is 14.2. The fourth-order valence-corrected chi connectivity index (χ4v) is 8.87. The topological polar surface area (TPSA) is 92.3 Å². The molecule has 200 valence electrons. The van der Waals surface area contributed by atoms with E-state index >= 15 is 0 Å². The highest BCUT2D eigenvalue weighted by atomic mass is 32.2. The van der Waals surface area contributed by atoms with Gasteiger partial charge in [-0.05, 0) is 95.8 Å². The highest BCUT2D eigenvalue weighted by Crippen LogP contribution is 2.36. The van der Waals surface area contributed by atoms with Crippen molar-refractivity contribution in [1.82, 2.24) is 10.6 Å². The van der Waals surface area contributed by atoms with Gasteiger partial charge in [-0.2, -0.15) is 0 Å². The molecule has 4 rings (SSSR count). The van der Waals surface area contributed by atoms with Gasteiger partial charge in [0.05, 0.1) is 11.0 Å². The molecule has 4 aliphatic carbocycles. The molecule has 2 unspecified atom stereocenters. The molecule has 0 aromatic rings. The normalized spacial score (nSPS) is 35.1. The summed E-state index contributed by atoms with van der Waals surface area (Å²) < 4.78 is 39.3. The Morgan fingerprint density at radius 3 is 2.11 bits per heavy atom. The SMILES string of the molecule is C[C@H](NC(=O)C1CCC(NC(=O)CC2CCC(S(=O)(=O)CC3CC3)CC2)CC1)C1CCCCC1F. The van der Waals surface area contributed by atoms with E-state index in [0.717, 1.165) is 70.6 Å². The van der Waals surface area contributed by atoms with Crippen molar-refractivity contribution >= 4 is 21.7 Å². The third-order valence-electron chi connectivity index (χ3n) is 9.15. The van der Waals surface area contributed by atoms with E-state index in [1.807, 2.05) is 6.92 Å². The molecule has 0 aromatic carbocycles. The number of sulfone groups is 1. The average Bonchev–Trinajstić information content (AvgIpc) is 3.63. The lowest BCUT2D eigenvalue weighted by molar-refractivity contribution is -0.127. The predicted molar refractivity (Wildman–Crippen MR) is 135 cm³/mol. The van der Waals surface area contributed by atoms with Crippen LogP contribution in [0.25, 0.3) is 0 Å². The van der Waals surface area contributed by atoms with Crippen molar-refractivity contribution in [1.29, 1.82) is 0 Å². The molecule has 8 heteroatoms. The van der Waals surface area contributed by atoms with Crippen LogP contribution in [0.1, 0.15) is 103 Å². The second-order valence-corrected chi connectivity index (χ2v) is 14.3. The standard InChI is InChI=1S/C27H45FN2O4S/c1-18(24-4-2-3-5-25(24)28)29-27(32)21-10-12-22(13-11-21)30-26(31)16-19-8-14-23(15-9-19)35(33,34)17-20-6-7-20/h18-25H,2-17H2,1H3,(H,29,32)(H,30,31)/t18-,19?,21?,22?,23?,24?,25?/m0/s1. The number of halogens is 1. The van der Waals surface area contributed by atoms with E-state index in [0.29, 0.717) is 37.4 Å². The monoisotopic (exact) mass is 512 g/mol. The summed E-state index contributed by atoms with van der Waals surface area (Å²) in [6.07, 6.45) is 11.3. The maximum atomic E-state index is 14.2. The smallest absolute Gasteiger partial charge is 0.223 e. The first-order valence-corrected chi connectivity index (χ1v) is 15.9. The largest absolute Gasteiger partial charge is 0.353 e. The number of hydrogen-bond acceptors (Lipinski definition) is 4. The average molecular weight is 513 g/mol. The van der Waals surface area contributed by atoms with Crippen molar-refractivity contribution in [3.8, 4) is 0 Å². The van der Waals surface area contributed by atoms with Crippen LogP contribution in [0.3, 0.4) is 0 Å². The van der Waals surface area contributed by atoms with Crippen molar-refractivity contribution in [2.45, 2.75) is 127 Å². The fraction of sp³-hybridized carbons (Fsp3) is 0.926. The highest BCUT2D eigenvalue weighted by Gasteiger charge is 2.37. The Morgan fingerprint density at radius 2 is 1.49 bits per heavy atom. The van der Waals surface area contributed by atoms with Crippen LogP contribution < -0.4 is 10.6 Å². The molecule has 0 radical (unpaired) electrons. The summed E-state index contributed by atoms with van der Waals surface area (Å²) in [6, 6.07) is -0.0261. The van der Waals surface area contributed by atoms with Crippen LogP contribution in [0.5, 0.6) is 0 Å². The van der Waals surface area contributed by atoms with E-state index in [4.69, 9.17) is 0 Å². The van der Waals surface area contributed by atoms with E-state index in [1.54, 1.807) is 0 Å². The molecule has 2 N–H and O–H groups in total. The third kappa shape index (κ3) is 7.65. The molecule has 4 fully saturated rings. The lowest BCUT2D eigenvalue weighted by Crippen LogP contribution is -2.47. The second kappa shape index (κ2) is 11.9. The number of hydrogen-bond donors (Lipinski definition) is 2. The number of rotatable bonds is 9. The van der Waals surface area contributed by atoms with E-state index in [-0.39, 0.29) is 46.9 Å². The first-order valence-electron chi connectivity index (χ1n) is 14.2. The summed E-state index contributed by atoms with van der Waals surface area (Å²) in [7, 11) is -2.98. The van der Waals surface area contributed by atoms with Gasteiger partial charge in [-0.25, -0.2) is 12.8 Å². The molecule has 2 amide bonds. The molecule has 4 aliphatic rings. The Bertz CT molecular complexity index is 830. The Labute approximate surface area is 210 Å². The van der Waals surface area contributed by atoms with Crippen molar-refractivity contribution in [2.24, 2.45) is 23.7 Å². The molecule has 0 aromatic heterocycles. The lowest BCUT2D eigenvalue weighted by Gasteiger charge is -2.34. The summed E-state index contributed by atoms with van der Waals surface area (Å²) in [6.45, 7) is 1.93. The van der Waals surface area contributed by atoms with Crippen LogP contribution in [0, 0.1) is 23.7 Å². The van der Waals surface area contributed by atoms with Crippen molar-refractivity contribution < 1.29 is 22.4 Å². The maximum Gasteiger partial charge on any atom is 0.223 e. The quantitative estimate of drug-likeness (QED) is 0.477. The molecule has 3 atom stereocenters. The highest BCUT2D eigenvalue weighted by molar-refractivity contribution is 7.92. The summed E-state index contributed by atoms with van der Waals surface area (Å²) in [5.74, 6) is 0.990. The zero-order valence-electron chi connectivity index (χ0n) is 21.4. The lowest BCUT2D eigenvalue weighted by atomic mass is 9.81. The molecule has 0 saturated heterocycles. The van der Waals surface area contributed by atoms with Crippen molar-refractivity contribution in [2.75, 3.05) is 5.75 Å². The summed E-state index contributed by atoms with van der Waals surface area (Å²) in [5.41, 5.74) is 0. The second-order valence-electron chi connectivity index (χ2n) is 12.0. The zero-order valence-corrected chi connectivity index (χ0v) is 22.2. The van der Waals surface area contributed by atoms with E-state index in [1.165, 1.54) is 0 Å². The predicted octanol–water partition coefficient (Wildman–Crippen LogP) is 4.47. The molecule has 0 aliphatic heterocycles. The van der Waals surface area contributed by atoms with Gasteiger partial charge < -0.3 is 10.6 Å². The van der Waals surface area contributed by atoms with E-state index in [2.05, 4.69) is 10.6 Å².